The summed E-state index contributed by atoms with van der Waals surface area (Å²) in [5.74, 6) is -1.42. The van der Waals surface area contributed by atoms with Crippen LogP contribution in [0.5, 0.6) is 0 Å². The average molecular weight is 1520 g/mol. The zero-order valence-corrected chi connectivity index (χ0v) is 70.0. The Labute approximate surface area is 638 Å². The van der Waals surface area contributed by atoms with Gasteiger partial charge in [0, 0.05) is 25.7 Å². The highest BCUT2D eigenvalue weighted by Gasteiger charge is 2.30. The normalized spacial score (nSPS) is 13.8. The van der Waals surface area contributed by atoms with Crippen LogP contribution in [-0.4, -0.2) is 96.7 Å². The van der Waals surface area contributed by atoms with Crippen molar-refractivity contribution >= 4 is 39.5 Å². The number of unbranched alkanes of at least 4 members (excludes halogenated alkanes) is 57. The zero-order chi connectivity index (χ0) is 76.2. The molecule has 104 heavy (non-hydrogen) atoms. The van der Waals surface area contributed by atoms with Gasteiger partial charge in [-0.25, -0.2) is 9.13 Å². The van der Waals surface area contributed by atoms with Crippen LogP contribution in [0.4, 0.5) is 0 Å². The number of carbonyl (C=O) groups is 4. The largest absolute Gasteiger partial charge is 0.472 e. The molecule has 0 aromatic carbocycles. The van der Waals surface area contributed by atoms with Crippen molar-refractivity contribution in [2.24, 2.45) is 5.92 Å². The molecule has 0 fully saturated rings. The summed E-state index contributed by atoms with van der Waals surface area (Å²) >= 11 is 0. The summed E-state index contributed by atoms with van der Waals surface area (Å²) in [6.45, 7) is 7.27. The maximum atomic E-state index is 13.1. The summed E-state index contributed by atoms with van der Waals surface area (Å²) < 4.78 is 68.8. The number of aliphatic hydroxyl groups excluding tert-OH is 1. The molecule has 0 saturated heterocycles. The van der Waals surface area contributed by atoms with E-state index in [1.54, 1.807) is 0 Å². The lowest BCUT2D eigenvalue weighted by molar-refractivity contribution is -0.161. The van der Waals surface area contributed by atoms with E-state index in [0.29, 0.717) is 31.6 Å². The molecule has 0 rings (SSSR count). The first-order valence-corrected chi connectivity index (χ1v) is 47.1. The number of hydrogen-bond acceptors (Lipinski definition) is 15. The number of hydrogen-bond donors (Lipinski definition) is 3. The molecule has 5 atom stereocenters. The number of phosphoric ester groups is 2. The number of esters is 4. The van der Waals surface area contributed by atoms with Gasteiger partial charge < -0.3 is 33.8 Å². The molecule has 0 aliphatic carbocycles. The molecule has 0 bridgehead atoms. The third-order valence-electron chi connectivity index (χ3n) is 20.0. The molecule has 0 spiro atoms. The standard InChI is InChI=1S/C85H166O17P2/c1-6-9-12-15-18-21-24-27-30-33-34-35-36-37-39-42-45-48-51-54-61-66-70-84(89)101-80(74-95-82(87)68-63-58-52-49-46-43-41-38-31-28-25-22-19-16-13-10-7-2)76-99-103(91,92)97-72-79(86)73-98-104(93,94)100-77-81(75-96-83(88)69-64-59-56-55-57-62-67-78(4)5)102-85(90)71-65-60-53-50-47-44-40-32-29-26-23-20-17-14-11-8-3/h78-81,86H,6-77H2,1-5H3,(H,91,92)(H,93,94)/t79-,80-,81-/m1/s1. The van der Waals surface area contributed by atoms with Gasteiger partial charge in [-0.3, -0.25) is 37.3 Å². The lowest BCUT2D eigenvalue weighted by Crippen LogP contribution is -2.30. The summed E-state index contributed by atoms with van der Waals surface area (Å²) in [6, 6.07) is 0. The zero-order valence-electron chi connectivity index (χ0n) is 68.2. The highest BCUT2D eigenvalue weighted by Crippen LogP contribution is 2.45. The Morgan fingerprint density at radius 3 is 0.654 bits per heavy atom. The molecule has 0 radical (unpaired) electrons. The Kier molecular flexibility index (Phi) is 76.3. The van der Waals surface area contributed by atoms with Crippen molar-refractivity contribution in [2.45, 2.75) is 477 Å². The van der Waals surface area contributed by atoms with E-state index in [-0.39, 0.29) is 25.7 Å². The van der Waals surface area contributed by atoms with Gasteiger partial charge >= 0.3 is 39.5 Å². The van der Waals surface area contributed by atoms with Crippen LogP contribution in [-0.2, 0) is 65.4 Å². The highest BCUT2D eigenvalue weighted by atomic mass is 31.2. The molecule has 3 N–H and O–H groups in total. The fraction of sp³-hybridized carbons (Fsp3) is 0.953. The van der Waals surface area contributed by atoms with Crippen molar-refractivity contribution in [2.75, 3.05) is 39.6 Å². The molecule has 0 aliphatic heterocycles. The third kappa shape index (κ3) is 78.2. The fourth-order valence-electron chi connectivity index (χ4n) is 13.3. The maximum Gasteiger partial charge on any atom is 0.472 e. The van der Waals surface area contributed by atoms with Crippen LogP contribution in [0.1, 0.15) is 458 Å². The van der Waals surface area contributed by atoms with Gasteiger partial charge in [0.25, 0.3) is 0 Å². The topological polar surface area (TPSA) is 237 Å². The van der Waals surface area contributed by atoms with Crippen molar-refractivity contribution in [3.05, 3.63) is 0 Å². The van der Waals surface area contributed by atoms with Crippen molar-refractivity contribution < 1.29 is 80.2 Å². The second kappa shape index (κ2) is 77.8. The highest BCUT2D eigenvalue weighted by molar-refractivity contribution is 7.47. The molecular formula is C85H166O17P2. The van der Waals surface area contributed by atoms with Crippen molar-refractivity contribution in [3.63, 3.8) is 0 Å². The van der Waals surface area contributed by atoms with E-state index in [2.05, 4.69) is 34.6 Å². The van der Waals surface area contributed by atoms with Crippen LogP contribution in [0.2, 0.25) is 0 Å². The second-order valence-electron chi connectivity index (χ2n) is 31.1. The van der Waals surface area contributed by atoms with Gasteiger partial charge in [0.05, 0.1) is 26.4 Å². The van der Waals surface area contributed by atoms with Crippen LogP contribution in [0, 0.1) is 5.92 Å². The van der Waals surface area contributed by atoms with E-state index in [1.807, 2.05) is 0 Å². The summed E-state index contributed by atoms with van der Waals surface area (Å²) in [6.07, 6.45) is 71.1. The Hall–Kier alpha value is -1.94. The van der Waals surface area contributed by atoms with Gasteiger partial charge in [-0.05, 0) is 31.6 Å². The average Bonchev–Trinajstić information content (AvgIpc) is 0.906. The van der Waals surface area contributed by atoms with Crippen LogP contribution < -0.4 is 0 Å². The predicted molar refractivity (Wildman–Crippen MR) is 428 cm³/mol. The molecule has 17 nitrogen and oxygen atoms in total. The Morgan fingerprint density at radius 2 is 0.442 bits per heavy atom. The number of carbonyl (C=O) groups excluding carboxylic acids is 4. The molecule has 0 aromatic rings. The van der Waals surface area contributed by atoms with Crippen molar-refractivity contribution in [3.8, 4) is 0 Å². The van der Waals surface area contributed by atoms with Crippen LogP contribution in [0.25, 0.3) is 0 Å². The Morgan fingerprint density at radius 1 is 0.260 bits per heavy atom. The number of phosphoric acid groups is 2. The first-order valence-electron chi connectivity index (χ1n) is 44.1. The minimum atomic E-state index is -4.96. The van der Waals surface area contributed by atoms with Gasteiger partial charge in [0.2, 0.25) is 0 Å². The van der Waals surface area contributed by atoms with E-state index in [1.165, 1.54) is 276 Å². The van der Waals surface area contributed by atoms with Crippen LogP contribution >= 0.6 is 15.6 Å². The lowest BCUT2D eigenvalue weighted by Gasteiger charge is -2.21. The van der Waals surface area contributed by atoms with E-state index < -0.39 is 97.5 Å². The van der Waals surface area contributed by atoms with E-state index in [4.69, 9.17) is 37.0 Å². The third-order valence-corrected chi connectivity index (χ3v) is 21.9. The summed E-state index contributed by atoms with van der Waals surface area (Å²) in [7, 11) is -9.92. The van der Waals surface area contributed by atoms with Gasteiger partial charge in [-0.1, -0.05) is 407 Å². The van der Waals surface area contributed by atoms with E-state index >= 15 is 0 Å². The van der Waals surface area contributed by atoms with Crippen molar-refractivity contribution in [1.82, 2.24) is 0 Å². The number of rotatable bonds is 85. The minimum absolute atomic E-state index is 0.108. The Bertz CT molecular complexity index is 1980. The molecule has 0 heterocycles. The number of aliphatic hydroxyl groups is 1. The van der Waals surface area contributed by atoms with Gasteiger partial charge in [-0.2, -0.15) is 0 Å². The molecule has 618 valence electrons. The molecule has 2 unspecified atom stereocenters. The number of ether oxygens (including phenoxy) is 4. The van der Waals surface area contributed by atoms with Gasteiger partial charge in [0.15, 0.2) is 12.2 Å². The smallest absolute Gasteiger partial charge is 0.462 e. The molecular weight excluding hydrogens is 1350 g/mol. The van der Waals surface area contributed by atoms with Gasteiger partial charge in [0.1, 0.15) is 19.3 Å². The van der Waals surface area contributed by atoms with Crippen LogP contribution in [0.15, 0.2) is 0 Å². The first kappa shape index (κ1) is 102. The lowest BCUT2D eigenvalue weighted by atomic mass is 10.0. The van der Waals surface area contributed by atoms with Crippen molar-refractivity contribution in [1.29, 1.82) is 0 Å². The maximum absolute atomic E-state index is 13.1. The summed E-state index contributed by atoms with van der Waals surface area (Å²) in [5.41, 5.74) is 0. The van der Waals surface area contributed by atoms with Gasteiger partial charge in [-0.15, -0.1) is 0 Å². The minimum Gasteiger partial charge on any atom is -0.462 e. The molecule has 0 saturated carbocycles. The monoisotopic (exact) mass is 1520 g/mol. The van der Waals surface area contributed by atoms with E-state index in [0.717, 1.165) is 96.3 Å². The molecule has 19 heteroatoms. The SMILES string of the molecule is CCCCCCCCCCCCCCCCCCCCCCCCC(=O)O[C@H](COC(=O)CCCCCCCCCCCCCCCCCCC)COP(=O)(O)OC[C@@H](O)COP(=O)(O)OC[C@@H](COC(=O)CCCCCCCCC(C)C)OC(=O)CCCCCCCCCCCCCCCCCC. The van der Waals surface area contributed by atoms with Crippen LogP contribution in [0.3, 0.4) is 0 Å². The Balaban J connectivity index is 5.20. The first-order chi connectivity index (χ1) is 50.5. The summed E-state index contributed by atoms with van der Waals surface area (Å²) in [4.78, 5) is 73.1. The fourth-order valence-corrected chi connectivity index (χ4v) is 14.9. The molecule has 0 aromatic heterocycles. The summed E-state index contributed by atoms with van der Waals surface area (Å²) in [5, 5.41) is 10.7. The molecule has 0 aliphatic rings. The molecule has 0 amide bonds. The second-order valence-corrected chi connectivity index (χ2v) is 34.0. The van der Waals surface area contributed by atoms with E-state index in [9.17, 15) is 43.2 Å². The predicted octanol–water partition coefficient (Wildman–Crippen LogP) is 26.0. The quantitative estimate of drug-likeness (QED) is 0.0222.